The monoisotopic (exact) mass is 225 g/mol. The van der Waals surface area contributed by atoms with Crippen LogP contribution < -0.4 is 10.5 Å². The van der Waals surface area contributed by atoms with Gasteiger partial charge in [0.25, 0.3) is 0 Å². The zero-order chi connectivity index (χ0) is 11.3. The predicted octanol–water partition coefficient (Wildman–Crippen LogP) is 3.56. The zero-order valence-electron chi connectivity index (χ0n) is 9.62. The number of hydrogen-bond acceptors (Lipinski definition) is 3. The highest BCUT2D eigenvalue weighted by molar-refractivity contribution is 7.99. The van der Waals surface area contributed by atoms with Crippen molar-refractivity contribution in [2.75, 3.05) is 12.3 Å². The van der Waals surface area contributed by atoms with Crippen LogP contribution in [-0.2, 0) is 0 Å². The molecule has 0 fully saturated rings. The molecule has 3 heteroatoms. The highest BCUT2D eigenvalue weighted by Crippen LogP contribution is 2.29. The first kappa shape index (κ1) is 12.2. The van der Waals surface area contributed by atoms with Crippen molar-refractivity contribution >= 4 is 17.4 Å². The molecule has 0 heterocycles. The fraction of sp³-hybridized carbons (Fsp3) is 0.500. The Labute approximate surface area is 96.2 Å². The van der Waals surface area contributed by atoms with Gasteiger partial charge in [0.05, 0.1) is 6.61 Å². The van der Waals surface area contributed by atoms with Crippen molar-refractivity contribution in [3.8, 4) is 5.75 Å². The SMILES string of the molecule is CCCOc1cc(N)cc(SC(C)C)c1. The van der Waals surface area contributed by atoms with Crippen molar-refractivity contribution in [3.63, 3.8) is 0 Å². The lowest BCUT2D eigenvalue weighted by Gasteiger charge is -2.10. The number of nitrogen functional groups attached to an aromatic ring is 1. The average Bonchev–Trinajstić information content (AvgIpc) is 2.12. The second kappa shape index (κ2) is 5.91. The fourth-order valence-corrected chi connectivity index (χ4v) is 2.17. The van der Waals surface area contributed by atoms with Crippen LogP contribution in [0.1, 0.15) is 27.2 Å². The van der Waals surface area contributed by atoms with Crippen LogP contribution in [0, 0.1) is 0 Å². The van der Waals surface area contributed by atoms with E-state index >= 15 is 0 Å². The predicted molar refractivity (Wildman–Crippen MR) is 67.6 cm³/mol. The van der Waals surface area contributed by atoms with Gasteiger partial charge in [0.2, 0.25) is 0 Å². The Morgan fingerprint density at radius 3 is 2.67 bits per heavy atom. The molecular weight excluding hydrogens is 206 g/mol. The minimum absolute atomic E-state index is 0.561. The Kier molecular flexibility index (Phi) is 4.82. The number of ether oxygens (including phenoxy) is 1. The number of benzene rings is 1. The molecule has 0 bridgehead atoms. The van der Waals surface area contributed by atoms with E-state index in [0.29, 0.717) is 5.25 Å². The fourth-order valence-electron chi connectivity index (χ4n) is 1.24. The topological polar surface area (TPSA) is 35.2 Å². The summed E-state index contributed by atoms with van der Waals surface area (Å²) in [7, 11) is 0. The lowest BCUT2D eigenvalue weighted by Crippen LogP contribution is -1.97. The highest BCUT2D eigenvalue weighted by atomic mass is 32.2. The minimum atomic E-state index is 0.561. The Morgan fingerprint density at radius 2 is 2.07 bits per heavy atom. The van der Waals surface area contributed by atoms with Gasteiger partial charge in [-0.15, -0.1) is 11.8 Å². The molecule has 84 valence electrons. The molecule has 0 atom stereocenters. The first-order valence-corrected chi connectivity index (χ1v) is 6.19. The third-order valence-corrected chi connectivity index (χ3v) is 2.73. The van der Waals surface area contributed by atoms with Gasteiger partial charge < -0.3 is 10.5 Å². The molecule has 1 aromatic rings. The summed E-state index contributed by atoms with van der Waals surface area (Å²) in [4.78, 5) is 1.18. The van der Waals surface area contributed by atoms with Crippen molar-refractivity contribution in [2.24, 2.45) is 0 Å². The molecule has 1 aromatic carbocycles. The molecule has 2 nitrogen and oxygen atoms in total. The molecule has 0 radical (unpaired) electrons. The lowest BCUT2D eigenvalue weighted by atomic mass is 10.3. The molecule has 1 rings (SSSR count). The number of nitrogens with two attached hydrogens (primary N) is 1. The summed E-state index contributed by atoms with van der Waals surface area (Å²) in [6, 6.07) is 5.92. The molecule has 0 aliphatic rings. The summed E-state index contributed by atoms with van der Waals surface area (Å²) in [5.74, 6) is 0.875. The van der Waals surface area contributed by atoms with Gasteiger partial charge in [-0.05, 0) is 18.6 Å². The van der Waals surface area contributed by atoms with Crippen molar-refractivity contribution < 1.29 is 4.74 Å². The van der Waals surface area contributed by atoms with Crippen LogP contribution in [0.2, 0.25) is 0 Å². The summed E-state index contributed by atoms with van der Waals surface area (Å²) in [5.41, 5.74) is 6.58. The number of thioether (sulfide) groups is 1. The Bertz CT molecular complexity index is 312. The van der Waals surface area contributed by atoms with Crippen molar-refractivity contribution in [2.45, 2.75) is 37.3 Å². The molecule has 0 aromatic heterocycles. The summed E-state index contributed by atoms with van der Waals surface area (Å²) in [5, 5.41) is 0.561. The average molecular weight is 225 g/mol. The Morgan fingerprint density at radius 1 is 1.33 bits per heavy atom. The van der Waals surface area contributed by atoms with Gasteiger partial charge in [-0.1, -0.05) is 20.8 Å². The maximum Gasteiger partial charge on any atom is 0.122 e. The van der Waals surface area contributed by atoms with E-state index in [9.17, 15) is 0 Å². The molecule has 0 saturated heterocycles. The van der Waals surface area contributed by atoms with E-state index < -0.39 is 0 Å². The van der Waals surface area contributed by atoms with Crippen LogP contribution in [0.4, 0.5) is 5.69 Å². The first-order chi connectivity index (χ1) is 7.11. The normalized spacial score (nSPS) is 10.7. The van der Waals surface area contributed by atoms with Gasteiger partial charge in [0.1, 0.15) is 5.75 Å². The smallest absolute Gasteiger partial charge is 0.122 e. The van der Waals surface area contributed by atoms with Crippen LogP contribution in [0.15, 0.2) is 23.1 Å². The maximum atomic E-state index is 5.81. The van der Waals surface area contributed by atoms with Crippen molar-refractivity contribution in [3.05, 3.63) is 18.2 Å². The van der Waals surface area contributed by atoms with Crippen LogP contribution in [0.3, 0.4) is 0 Å². The molecular formula is C12H19NOS. The first-order valence-electron chi connectivity index (χ1n) is 5.32. The van der Waals surface area contributed by atoms with Gasteiger partial charge in [0, 0.05) is 21.9 Å². The highest BCUT2D eigenvalue weighted by Gasteiger charge is 2.02. The van der Waals surface area contributed by atoms with E-state index in [4.69, 9.17) is 10.5 Å². The maximum absolute atomic E-state index is 5.81. The van der Waals surface area contributed by atoms with Gasteiger partial charge in [-0.25, -0.2) is 0 Å². The molecule has 0 amide bonds. The molecule has 2 N–H and O–H groups in total. The Hall–Kier alpha value is -0.830. The van der Waals surface area contributed by atoms with Crippen molar-refractivity contribution in [1.29, 1.82) is 0 Å². The lowest BCUT2D eigenvalue weighted by molar-refractivity contribution is 0.317. The molecule has 0 spiro atoms. The quantitative estimate of drug-likeness (QED) is 0.614. The third-order valence-electron chi connectivity index (χ3n) is 1.75. The largest absolute Gasteiger partial charge is 0.493 e. The van der Waals surface area contributed by atoms with E-state index in [2.05, 4.69) is 26.8 Å². The number of rotatable bonds is 5. The van der Waals surface area contributed by atoms with E-state index in [1.165, 1.54) is 4.90 Å². The summed E-state index contributed by atoms with van der Waals surface area (Å²) in [6.07, 6.45) is 1.02. The Balaban J connectivity index is 2.75. The number of hydrogen-bond donors (Lipinski definition) is 1. The molecule has 0 unspecified atom stereocenters. The third kappa shape index (κ3) is 4.47. The number of anilines is 1. The van der Waals surface area contributed by atoms with Crippen LogP contribution in [0.25, 0.3) is 0 Å². The van der Waals surface area contributed by atoms with Gasteiger partial charge in [-0.2, -0.15) is 0 Å². The second-order valence-electron chi connectivity index (χ2n) is 3.75. The van der Waals surface area contributed by atoms with E-state index in [-0.39, 0.29) is 0 Å². The van der Waals surface area contributed by atoms with Crippen LogP contribution >= 0.6 is 11.8 Å². The van der Waals surface area contributed by atoms with E-state index in [0.717, 1.165) is 24.5 Å². The standard InChI is InChI=1S/C12H19NOS/c1-4-5-14-11-6-10(13)7-12(8-11)15-9(2)3/h6-9H,4-5,13H2,1-3H3. The molecule has 15 heavy (non-hydrogen) atoms. The van der Waals surface area contributed by atoms with Crippen molar-refractivity contribution in [1.82, 2.24) is 0 Å². The van der Waals surface area contributed by atoms with E-state index in [1.54, 1.807) is 11.8 Å². The van der Waals surface area contributed by atoms with Gasteiger partial charge >= 0.3 is 0 Å². The van der Waals surface area contributed by atoms with E-state index in [1.807, 2.05) is 12.1 Å². The summed E-state index contributed by atoms with van der Waals surface area (Å²) in [6.45, 7) is 7.17. The zero-order valence-corrected chi connectivity index (χ0v) is 10.4. The summed E-state index contributed by atoms with van der Waals surface area (Å²) >= 11 is 1.80. The minimum Gasteiger partial charge on any atom is -0.493 e. The van der Waals surface area contributed by atoms with Crippen LogP contribution in [0.5, 0.6) is 5.75 Å². The molecule has 0 saturated carbocycles. The molecule has 0 aliphatic heterocycles. The van der Waals surface area contributed by atoms with Crippen LogP contribution in [-0.4, -0.2) is 11.9 Å². The second-order valence-corrected chi connectivity index (χ2v) is 5.40. The summed E-state index contributed by atoms with van der Waals surface area (Å²) < 4.78 is 5.56. The van der Waals surface area contributed by atoms with Gasteiger partial charge in [0.15, 0.2) is 0 Å². The molecule has 0 aliphatic carbocycles. The van der Waals surface area contributed by atoms with Gasteiger partial charge in [-0.3, -0.25) is 0 Å².